The number of nitrogens with one attached hydrogen (secondary N) is 2. The monoisotopic (exact) mass is 265 g/mol. The van der Waals surface area contributed by atoms with Crippen LogP contribution in [0.4, 0.5) is 0 Å². The zero-order valence-electron chi connectivity index (χ0n) is 11.3. The van der Waals surface area contributed by atoms with Gasteiger partial charge < -0.3 is 29.6 Å². The largest absolute Gasteiger partial charge is 0.514 e. The lowest BCUT2D eigenvalue weighted by Gasteiger charge is -2.24. The molecule has 0 saturated carbocycles. The lowest BCUT2D eigenvalue weighted by molar-refractivity contribution is 0.122. The number of hydrogen-bond acceptors (Lipinski definition) is 6. The maximum atomic E-state index is 5.40. The standard InChI is InChI=1S/C10H27N3O3Si/c1-14-17(15-2,16-3)10-13-9-5-8-12-7-4-6-11/h12-13H,4-11H2,1-3H3. The molecule has 0 rings (SSSR count). The Kier molecular flexibility index (Phi) is 11.1. The lowest BCUT2D eigenvalue weighted by Crippen LogP contribution is -2.52. The van der Waals surface area contributed by atoms with Crippen LogP contribution in [0.5, 0.6) is 0 Å². The van der Waals surface area contributed by atoms with E-state index in [1.165, 1.54) is 0 Å². The molecule has 0 aliphatic carbocycles. The number of nitrogens with two attached hydrogens (primary N) is 1. The van der Waals surface area contributed by atoms with E-state index in [9.17, 15) is 0 Å². The zero-order chi connectivity index (χ0) is 13.0. The van der Waals surface area contributed by atoms with E-state index in [0.717, 1.165) is 39.0 Å². The summed E-state index contributed by atoms with van der Waals surface area (Å²) in [5, 5.41) is 6.62. The Labute approximate surface area is 106 Å². The molecule has 0 aromatic rings. The van der Waals surface area contributed by atoms with Crippen molar-refractivity contribution in [1.29, 1.82) is 0 Å². The van der Waals surface area contributed by atoms with Crippen LogP contribution in [0, 0.1) is 0 Å². The predicted octanol–water partition coefficient (Wildman–Crippen LogP) is -0.678. The third kappa shape index (κ3) is 7.82. The van der Waals surface area contributed by atoms with Gasteiger partial charge >= 0.3 is 8.80 Å². The van der Waals surface area contributed by atoms with Crippen molar-refractivity contribution >= 4 is 8.80 Å². The third-order valence-corrected chi connectivity index (χ3v) is 5.09. The maximum absolute atomic E-state index is 5.40. The highest BCUT2D eigenvalue weighted by Crippen LogP contribution is 2.03. The first-order chi connectivity index (χ1) is 8.24. The second kappa shape index (κ2) is 11.1. The number of rotatable bonds is 12. The summed E-state index contributed by atoms with van der Waals surface area (Å²) in [6, 6.07) is 0. The molecule has 6 nitrogen and oxygen atoms in total. The first-order valence-electron chi connectivity index (χ1n) is 6.01. The lowest BCUT2D eigenvalue weighted by atomic mass is 10.4. The SMILES string of the molecule is CO[Si](CNCCCNCCCN)(OC)OC. The van der Waals surface area contributed by atoms with Gasteiger partial charge in [0.05, 0.1) is 6.17 Å². The number of hydrogen-bond donors (Lipinski definition) is 3. The van der Waals surface area contributed by atoms with Crippen LogP contribution in [0.15, 0.2) is 0 Å². The molecule has 0 aromatic heterocycles. The van der Waals surface area contributed by atoms with Crippen LogP contribution in [0.3, 0.4) is 0 Å². The average molecular weight is 265 g/mol. The second-order valence-electron chi connectivity index (χ2n) is 3.72. The highest BCUT2D eigenvalue weighted by Gasteiger charge is 2.37. The minimum Gasteiger partial charge on any atom is -0.376 e. The fraction of sp³-hybridized carbons (Fsp3) is 1.00. The molecule has 0 bridgehead atoms. The molecule has 4 N–H and O–H groups in total. The van der Waals surface area contributed by atoms with Gasteiger partial charge in [0, 0.05) is 21.3 Å². The summed E-state index contributed by atoms with van der Waals surface area (Å²) < 4.78 is 15.9. The summed E-state index contributed by atoms with van der Waals surface area (Å²) in [6.07, 6.45) is 2.73. The quantitative estimate of drug-likeness (QED) is 0.321. The van der Waals surface area contributed by atoms with E-state index in [0.29, 0.717) is 6.17 Å². The molecule has 0 aliphatic rings. The normalized spacial score (nSPS) is 12.0. The Balaban J connectivity index is 3.43. The molecule has 0 fully saturated rings. The maximum Gasteiger partial charge on any atom is 0.514 e. The predicted molar refractivity (Wildman–Crippen MR) is 70.8 cm³/mol. The minimum absolute atomic E-state index is 0.638. The molecule has 0 radical (unpaired) electrons. The fourth-order valence-electron chi connectivity index (χ4n) is 1.40. The topological polar surface area (TPSA) is 77.8 Å². The molecule has 7 heteroatoms. The summed E-state index contributed by atoms with van der Waals surface area (Å²) >= 11 is 0. The van der Waals surface area contributed by atoms with Crippen LogP contribution in [0.1, 0.15) is 12.8 Å². The van der Waals surface area contributed by atoms with Gasteiger partial charge in [0.1, 0.15) is 0 Å². The third-order valence-electron chi connectivity index (χ3n) is 2.54. The molecule has 0 saturated heterocycles. The van der Waals surface area contributed by atoms with Gasteiger partial charge in [-0.15, -0.1) is 0 Å². The summed E-state index contributed by atoms with van der Waals surface area (Å²) in [6.45, 7) is 3.65. The van der Waals surface area contributed by atoms with Gasteiger partial charge in [-0.3, -0.25) is 0 Å². The molecule has 0 atom stereocenters. The van der Waals surface area contributed by atoms with Crippen molar-refractivity contribution in [3.8, 4) is 0 Å². The molecule has 0 unspecified atom stereocenters. The Morgan fingerprint density at radius 2 is 1.41 bits per heavy atom. The molecule has 17 heavy (non-hydrogen) atoms. The average Bonchev–Trinajstić information content (AvgIpc) is 2.38. The van der Waals surface area contributed by atoms with E-state index in [-0.39, 0.29) is 0 Å². The smallest absolute Gasteiger partial charge is 0.376 e. The summed E-state index contributed by atoms with van der Waals surface area (Å²) in [4.78, 5) is 0. The first-order valence-corrected chi connectivity index (χ1v) is 7.94. The van der Waals surface area contributed by atoms with Crippen LogP contribution in [-0.2, 0) is 13.3 Å². The Morgan fingerprint density at radius 1 is 0.882 bits per heavy atom. The van der Waals surface area contributed by atoms with Gasteiger partial charge in [-0.05, 0) is 39.0 Å². The molecule has 104 valence electrons. The van der Waals surface area contributed by atoms with Crippen LogP contribution in [0.25, 0.3) is 0 Å². The highest BCUT2D eigenvalue weighted by atomic mass is 28.4. The van der Waals surface area contributed by atoms with E-state index in [2.05, 4.69) is 10.6 Å². The van der Waals surface area contributed by atoms with Crippen molar-refractivity contribution in [3.63, 3.8) is 0 Å². The van der Waals surface area contributed by atoms with Gasteiger partial charge in [0.2, 0.25) is 0 Å². The first kappa shape index (κ1) is 17.0. The molecule has 0 heterocycles. The molecule has 0 aliphatic heterocycles. The molecular weight excluding hydrogens is 238 g/mol. The summed E-state index contributed by atoms with van der Waals surface area (Å²) in [5.41, 5.74) is 5.40. The molecule has 0 aromatic carbocycles. The van der Waals surface area contributed by atoms with Crippen molar-refractivity contribution in [2.24, 2.45) is 5.73 Å². The Bertz CT molecular complexity index is 163. The van der Waals surface area contributed by atoms with Crippen molar-refractivity contribution in [3.05, 3.63) is 0 Å². The van der Waals surface area contributed by atoms with Gasteiger partial charge in [0.15, 0.2) is 0 Å². The van der Waals surface area contributed by atoms with Gasteiger partial charge in [-0.1, -0.05) is 0 Å². The highest BCUT2D eigenvalue weighted by molar-refractivity contribution is 6.60. The second-order valence-corrected chi connectivity index (χ2v) is 6.66. The van der Waals surface area contributed by atoms with Gasteiger partial charge in [-0.25, -0.2) is 0 Å². The van der Waals surface area contributed by atoms with Gasteiger partial charge in [-0.2, -0.15) is 0 Å². The van der Waals surface area contributed by atoms with E-state index in [1.807, 2.05) is 0 Å². The van der Waals surface area contributed by atoms with Crippen molar-refractivity contribution in [2.75, 3.05) is 53.7 Å². The van der Waals surface area contributed by atoms with Crippen LogP contribution in [0.2, 0.25) is 0 Å². The van der Waals surface area contributed by atoms with E-state index < -0.39 is 8.80 Å². The van der Waals surface area contributed by atoms with Gasteiger partial charge in [0.25, 0.3) is 0 Å². The zero-order valence-corrected chi connectivity index (χ0v) is 12.3. The molecule has 0 spiro atoms. The van der Waals surface area contributed by atoms with Crippen molar-refractivity contribution in [2.45, 2.75) is 12.8 Å². The van der Waals surface area contributed by atoms with E-state index in [4.69, 9.17) is 19.0 Å². The van der Waals surface area contributed by atoms with Crippen molar-refractivity contribution < 1.29 is 13.3 Å². The summed E-state index contributed by atoms with van der Waals surface area (Å²) in [7, 11) is 2.41. The van der Waals surface area contributed by atoms with Crippen molar-refractivity contribution in [1.82, 2.24) is 10.6 Å². The van der Waals surface area contributed by atoms with Crippen LogP contribution >= 0.6 is 0 Å². The Hall–Kier alpha value is -0.0231. The fourth-order valence-corrected chi connectivity index (χ4v) is 2.81. The molecule has 0 amide bonds. The van der Waals surface area contributed by atoms with Crippen LogP contribution in [-0.4, -0.2) is 62.5 Å². The minimum atomic E-state index is -2.45. The summed E-state index contributed by atoms with van der Waals surface area (Å²) in [5.74, 6) is 0. The van der Waals surface area contributed by atoms with E-state index >= 15 is 0 Å². The van der Waals surface area contributed by atoms with E-state index in [1.54, 1.807) is 21.3 Å². The van der Waals surface area contributed by atoms with Crippen LogP contribution < -0.4 is 16.4 Å². The Morgan fingerprint density at radius 3 is 1.94 bits per heavy atom. The molecular formula is C10H27N3O3Si.